The van der Waals surface area contributed by atoms with Crippen molar-refractivity contribution in [3.63, 3.8) is 0 Å². The molecule has 0 bridgehead atoms. The van der Waals surface area contributed by atoms with E-state index in [-0.39, 0.29) is 22.9 Å². The van der Waals surface area contributed by atoms with Gasteiger partial charge < -0.3 is 5.32 Å². The second kappa shape index (κ2) is 10.2. The van der Waals surface area contributed by atoms with E-state index in [0.717, 1.165) is 6.42 Å². The number of hydrogen-bond donors (Lipinski definition) is 1. The van der Waals surface area contributed by atoms with Gasteiger partial charge in [0.1, 0.15) is 21.8 Å². The fraction of sp³-hybridized carbons (Fsp3) is 0.333. The van der Waals surface area contributed by atoms with Crippen molar-refractivity contribution in [2.45, 2.75) is 27.2 Å². The Kier molecular flexibility index (Phi) is 7.54. The first kappa shape index (κ1) is 23.8. The zero-order valence-electron chi connectivity index (χ0n) is 18.6. The molecule has 0 saturated carbocycles. The maximum absolute atomic E-state index is 13.0. The first-order valence-corrected chi connectivity index (χ1v) is 11.6. The summed E-state index contributed by atoms with van der Waals surface area (Å²) in [6, 6.07) is 12.1. The van der Waals surface area contributed by atoms with Crippen LogP contribution in [0.25, 0.3) is 6.08 Å². The van der Waals surface area contributed by atoms with Crippen LogP contribution in [-0.4, -0.2) is 32.8 Å². The fourth-order valence-electron chi connectivity index (χ4n) is 3.57. The number of amides is 1. The molecule has 0 radical (unpaired) electrons. The van der Waals surface area contributed by atoms with Gasteiger partial charge in [-0.05, 0) is 36.5 Å². The monoisotopic (exact) mass is 466 g/mol. The smallest absolute Gasteiger partial charge is 0.270 e. The number of nitrogens with zero attached hydrogens (tertiary/aromatic N) is 3. The van der Waals surface area contributed by atoms with Crippen LogP contribution in [0.5, 0.6) is 0 Å². The number of aromatic nitrogens is 1. The number of thioether (sulfide) groups is 1. The summed E-state index contributed by atoms with van der Waals surface area (Å²) in [6.45, 7) is 6.96. The molecule has 0 unspecified atom stereocenters. The Hall–Kier alpha value is -2.89. The van der Waals surface area contributed by atoms with Gasteiger partial charge in [0.25, 0.3) is 11.5 Å². The van der Waals surface area contributed by atoms with Crippen LogP contribution in [0.3, 0.4) is 0 Å². The molecular formula is C24H26N4O2S2. The summed E-state index contributed by atoms with van der Waals surface area (Å²) in [5, 5.41) is 12.9. The molecule has 6 nitrogen and oxygen atoms in total. The molecule has 1 aromatic carbocycles. The Labute approximate surface area is 197 Å². The number of nitriles is 1. The zero-order valence-corrected chi connectivity index (χ0v) is 20.3. The van der Waals surface area contributed by atoms with E-state index in [0.29, 0.717) is 39.3 Å². The molecule has 2 aromatic rings. The normalized spacial score (nSPS) is 15.0. The molecule has 0 spiro atoms. The first-order valence-electron chi connectivity index (χ1n) is 10.4. The van der Waals surface area contributed by atoms with E-state index in [1.54, 1.807) is 24.9 Å². The van der Waals surface area contributed by atoms with Gasteiger partial charge in [0, 0.05) is 25.7 Å². The number of carbonyl (C=O) groups excluding carboxylic acids is 1. The minimum Gasteiger partial charge on any atom is -0.371 e. The molecule has 1 aromatic heterocycles. The number of rotatable bonds is 7. The van der Waals surface area contributed by atoms with Gasteiger partial charge in [0.2, 0.25) is 0 Å². The Morgan fingerprint density at radius 3 is 2.56 bits per heavy atom. The topological polar surface area (TPSA) is 78.1 Å². The summed E-state index contributed by atoms with van der Waals surface area (Å²) in [5.41, 5.74) is 2.09. The van der Waals surface area contributed by atoms with E-state index in [9.17, 15) is 14.9 Å². The number of benzene rings is 1. The molecule has 166 valence electrons. The molecule has 1 aliphatic heterocycles. The maximum atomic E-state index is 13.0. The predicted octanol–water partition coefficient (Wildman–Crippen LogP) is 4.08. The van der Waals surface area contributed by atoms with Gasteiger partial charge in [-0.15, -0.1) is 0 Å². The lowest BCUT2D eigenvalue weighted by atomic mass is 10.0. The predicted molar refractivity (Wildman–Crippen MR) is 134 cm³/mol. The number of carbonyl (C=O) groups is 1. The zero-order chi connectivity index (χ0) is 23.4. The highest BCUT2D eigenvalue weighted by Gasteiger charge is 2.33. The molecule has 0 atom stereocenters. The van der Waals surface area contributed by atoms with Crippen LogP contribution in [0.4, 0.5) is 5.82 Å². The van der Waals surface area contributed by atoms with Crippen LogP contribution in [0, 0.1) is 24.2 Å². The largest absolute Gasteiger partial charge is 0.371 e. The highest BCUT2D eigenvalue weighted by atomic mass is 32.2. The highest BCUT2D eigenvalue weighted by molar-refractivity contribution is 8.26. The van der Waals surface area contributed by atoms with Crippen molar-refractivity contribution < 1.29 is 4.79 Å². The quantitative estimate of drug-likeness (QED) is 0.489. The Balaban J connectivity index is 2.00. The van der Waals surface area contributed by atoms with E-state index in [2.05, 4.69) is 5.32 Å². The standard InChI is InChI=1S/C24H26N4O2S2/c1-15(2)14-28-23(30)20(32-24(28)31)12-18-16(3)19(13-25)22(29)27(4)21(18)26-11-10-17-8-6-5-7-9-17/h5-9,12,15,26H,10-11,14H2,1-4H3/b20-12+. The summed E-state index contributed by atoms with van der Waals surface area (Å²) >= 11 is 6.67. The van der Waals surface area contributed by atoms with E-state index in [1.807, 2.05) is 50.2 Å². The molecule has 1 N–H and O–H groups in total. The first-order chi connectivity index (χ1) is 15.2. The Morgan fingerprint density at radius 1 is 1.25 bits per heavy atom. The van der Waals surface area contributed by atoms with E-state index in [1.165, 1.54) is 21.9 Å². The lowest BCUT2D eigenvalue weighted by Gasteiger charge is -2.18. The molecular weight excluding hydrogens is 440 g/mol. The maximum Gasteiger partial charge on any atom is 0.270 e. The third-order valence-electron chi connectivity index (χ3n) is 5.25. The lowest BCUT2D eigenvalue weighted by molar-refractivity contribution is -0.122. The number of nitrogens with one attached hydrogen (secondary N) is 1. The number of anilines is 1. The number of hydrogen-bond acceptors (Lipinski definition) is 6. The molecule has 2 heterocycles. The molecule has 3 rings (SSSR count). The average Bonchev–Trinajstić information content (AvgIpc) is 3.02. The van der Waals surface area contributed by atoms with Gasteiger partial charge in [-0.3, -0.25) is 19.1 Å². The summed E-state index contributed by atoms with van der Waals surface area (Å²) < 4.78 is 1.97. The van der Waals surface area contributed by atoms with Crippen molar-refractivity contribution in [1.29, 1.82) is 5.26 Å². The third kappa shape index (κ3) is 4.95. The van der Waals surface area contributed by atoms with Crippen LogP contribution in [0.2, 0.25) is 0 Å². The van der Waals surface area contributed by atoms with Crippen LogP contribution in [0.1, 0.15) is 36.1 Å². The van der Waals surface area contributed by atoms with Crippen molar-refractivity contribution in [3.8, 4) is 6.07 Å². The molecule has 8 heteroatoms. The van der Waals surface area contributed by atoms with Crippen molar-refractivity contribution in [2.24, 2.45) is 13.0 Å². The molecule has 32 heavy (non-hydrogen) atoms. The summed E-state index contributed by atoms with van der Waals surface area (Å²) in [4.78, 5) is 27.8. The molecule has 1 fully saturated rings. The van der Waals surface area contributed by atoms with Crippen molar-refractivity contribution >= 4 is 46.1 Å². The molecule has 0 aliphatic carbocycles. The lowest BCUT2D eigenvalue weighted by Crippen LogP contribution is -2.31. The third-order valence-corrected chi connectivity index (χ3v) is 6.62. The van der Waals surface area contributed by atoms with E-state index < -0.39 is 0 Å². The van der Waals surface area contributed by atoms with Gasteiger partial charge in [-0.25, -0.2) is 0 Å². The minimum absolute atomic E-state index is 0.0741. The van der Waals surface area contributed by atoms with Gasteiger partial charge >= 0.3 is 0 Å². The fourth-order valence-corrected chi connectivity index (χ4v) is 4.83. The molecule has 1 aliphatic rings. The van der Waals surface area contributed by atoms with E-state index in [4.69, 9.17) is 12.2 Å². The van der Waals surface area contributed by atoms with Crippen LogP contribution < -0.4 is 10.9 Å². The van der Waals surface area contributed by atoms with Gasteiger partial charge in [-0.1, -0.05) is 68.2 Å². The number of pyridine rings is 1. The van der Waals surface area contributed by atoms with Crippen LogP contribution >= 0.6 is 24.0 Å². The minimum atomic E-state index is -0.364. The second-order valence-electron chi connectivity index (χ2n) is 8.09. The van der Waals surface area contributed by atoms with Gasteiger partial charge in [0.05, 0.1) is 4.91 Å². The van der Waals surface area contributed by atoms with E-state index >= 15 is 0 Å². The average molecular weight is 467 g/mol. The van der Waals surface area contributed by atoms with Gasteiger partial charge in [0.15, 0.2) is 0 Å². The summed E-state index contributed by atoms with van der Waals surface area (Å²) in [5.74, 6) is 0.726. The van der Waals surface area contributed by atoms with Gasteiger partial charge in [-0.2, -0.15) is 5.26 Å². The van der Waals surface area contributed by atoms with Crippen LogP contribution in [0.15, 0.2) is 40.0 Å². The Bertz CT molecular complexity index is 1180. The highest BCUT2D eigenvalue weighted by Crippen LogP contribution is 2.35. The van der Waals surface area contributed by atoms with Crippen molar-refractivity contribution in [3.05, 3.63) is 67.8 Å². The second-order valence-corrected chi connectivity index (χ2v) is 9.76. The van der Waals surface area contributed by atoms with Crippen LogP contribution in [-0.2, 0) is 18.3 Å². The Morgan fingerprint density at radius 2 is 1.94 bits per heavy atom. The molecule has 1 amide bonds. The summed E-state index contributed by atoms with van der Waals surface area (Å²) in [7, 11) is 1.63. The molecule has 1 saturated heterocycles. The summed E-state index contributed by atoms with van der Waals surface area (Å²) in [6.07, 6.45) is 2.52. The number of thiocarbonyl (C=S) groups is 1. The van der Waals surface area contributed by atoms with Crippen molar-refractivity contribution in [2.75, 3.05) is 18.4 Å². The SMILES string of the molecule is Cc1c(/C=C2/SC(=S)N(CC(C)C)C2=O)c(NCCc2ccccc2)n(C)c(=O)c1C#N. The van der Waals surface area contributed by atoms with Crippen molar-refractivity contribution in [1.82, 2.24) is 9.47 Å².